The van der Waals surface area contributed by atoms with Crippen LogP contribution in [0, 0.1) is 0 Å². The molecule has 2 amide bonds. The van der Waals surface area contributed by atoms with Crippen LogP contribution in [-0.2, 0) is 4.74 Å². The number of nitrogens with zero attached hydrogens (tertiary/aromatic N) is 3. The molecule has 0 radical (unpaired) electrons. The minimum Gasteiger partial charge on any atom is -0.496 e. The first-order valence-electron chi connectivity index (χ1n) is 12.0. The fourth-order valence-electron chi connectivity index (χ4n) is 4.28. The van der Waals surface area contributed by atoms with E-state index in [2.05, 4.69) is 10.3 Å². The zero-order valence-corrected chi connectivity index (χ0v) is 21.0. The van der Waals surface area contributed by atoms with E-state index in [1.165, 1.54) is 12.0 Å². The number of carbonyl (C=O) groups is 2. The van der Waals surface area contributed by atoms with Crippen LogP contribution < -0.4 is 10.1 Å². The Kier molecular flexibility index (Phi) is 6.78. The van der Waals surface area contributed by atoms with Gasteiger partial charge in [-0.1, -0.05) is 24.3 Å². The summed E-state index contributed by atoms with van der Waals surface area (Å²) in [5.74, 6) is 0.313. The van der Waals surface area contributed by atoms with Gasteiger partial charge in [-0.2, -0.15) is 4.98 Å². The summed E-state index contributed by atoms with van der Waals surface area (Å²) in [5.41, 5.74) is 4.89. The molecule has 190 valence electrons. The van der Waals surface area contributed by atoms with Crippen molar-refractivity contribution >= 4 is 34.6 Å². The summed E-state index contributed by atoms with van der Waals surface area (Å²) in [6.45, 7) is 2.35. The van der Waals surface area contributed by atoms with Crippen molar-refractivity contribution in [1.29, 1.82) is 0 Å². The van der Waals surface area contributed by atoms with Crippen molar-refractivity contribution in [1.82, 2.24) is 14.8 Å². The predicted molar refractivity (Wildman–Crippen MR) is 140 cm³/mol. The zero-order valence-electron chi connectivity index (χ0n) is 21.0. The highest BCUT2D eigenvalue weighted by molar-refractivity contribution is 5.98. The molecule has 3 aromatic carbocycles. The molecule has 37 heavy (non-hydrogen) atoms. The van der Waals surface area contributed by atoms with Crippen LogP contribution in [0.1, 0.15) is 20.7 Å². The van der Waals surface area contributed by atoms with Crippen LogP contribution in [0.15, 0.2) is 65.1 Å². The molecule has 1 saturated heterocycles. The van der Waals surface area contributed by atoms with Crippen molar-refractivity contribution in [2.24, 2.45) is 0 Å². The third-order valence-corrected chi connectivity index (χ3v) is 6.25. The second kappa shape index (κ2) is 10.3. The Morgan fingerprint density at radius 3 is 2.49 bits per heavy atom. The van der Waals surface area contributed by atoms with Gasteiger partial charge in [-0.25, -0.2) is 0 Å². The number of fused-ring (bicyclic) bond motifs is 1. The van der Waals surface area contributed by atoms with Crippen molar-refractivity contribution in [2.45, 2.75) is 0 Å². The molecule has 0 saturated carbocycles. The summed E-state index contributed by atoms with van der Waals surface area (Å²) in [7, 11) is 4.91. The first-order valence-corrected chi connectivity index (χ1v) is 12.0. The van der Waals surface area contributed by atoms with Crippen LogP contribution in [0.3, 0.4) is 0 Å². The maximum Gasteiger partial charge on any atom is 0.300 e. The van der Waals surface area contributed by atoms with E-state index in [1.54, 1.807) is 32.3 Å². The number of methoxy groups -OCH3 is 1. The monoisotopic (exact) mass is 500 g/mol. The molecule has 2 heterocycles. The van der Waals surface area contributed by atoms with Gasteiger partial charge in [-0.3, -0.25) is 9.59 Å². The van der Waals surface area contributed by atoms with E-state index in [4.69, 9.17) is 13.9 Å². The zero-order chi connectivity index (χ0) is 25.9. The Bertz CT molecular complexity index is 1440. The van der Waals surface area contributed by atoms with Gasteiger partial charge in [-0.05, 0) is 35.9 Å². The van der Waals surface area contributed by atoms with Gasteiger partial charge in [0, 0.05) is 50.1 Å². The summed E-state index contributed by atoms with van der Waals surface area (Å²) in [5, 5.41) is 3.16. The number of para-hydroxylation sites is 1. The number of hydrogen-bond acceptors (Lipinski definition) is 7. The van der Waals surface area contributed by atoms with Crippen molar-refractivity contribution < 1.29 is 23.5 Å². The third kappa shape index (κ3) is 4.99. The summed E-state index contributed by atoms with van der Waals surface area (Å²) < 4.78 is 16.9. The van der Waals surface area contributed by atoms with Gasteiger partial charge in [-0.15, -0.1) is 0 Å². The van der Waals surface area contributed by atoms with Crippen LogP contribution >= 0.6 is 0 Å². The largest absolute Gasteiger partial charge is 0.496 e. The van der Waals surface area contributed by atoms with Gasteiger partial charge in [0.2, 0.25) is 0 Å². The average Bonchev–Trinajstić information content (AvgIpc) is 3.35. The van der Waals surface area contributed by atoms with E-state index in [9.17, 15) is 9.59 Å². The van der Waals surface area contributed by atoms with Crippen LogP contribution in [-0.4, -0.2) is 74.1 Å². The van der Waals surface area contributed by atoms with E-state index >= 15 is 0 Å². The molecule has 9 nitrogen and oxygen atoms in total. The molecule has 0 unspecified atom stereocenters. The third-order valence-electron chi connectivity index (χ3n) is 6.25. The van der Waals surface area contributed by atoms with Crippen LogP contribution in [0.4, 0.5) is 11.7 Å². The molecular weight excluding hydrogens is 472 g/mol. The van der Waals surface area contributed by atoms with E-state index in [-0.39, 0.29) is 11.8 Å². The number of oxazole rings is 1. The Morgan fingerprint density at radius 2 is 1.78 bits per heavy atom. The van der Waals surface area contributed by atoms with Gasteiger partial charge in [0.1, 0.15) is 11.3 Å². The smallest absolute Gasteiger partial charge is 0.300 e. The number of amides is 2. The second-order valence-corrected chi connectivity index (χ2v) is 8.89. The lowest BCUT2D eigenvalue weighted by Gasteiger charge is -2.26. The number of rotatable bonds is 6. The number of carbonyl (C=O) groups excluding carboxylic acids is 2. The van der Waals surface area contributed by atoms with Crippen molar-refractivity contribution in [3.8, 4) is 16.9 Å². The second-order valence-electron chi connectivity index (χ2n) is 8.89. The van der Waals surface area contributed by atoms with Gasteiger partial charge in [0.25, 0.3) is 17.8 Å². The molecule has 1 aliphatic rings. The van der Waals surface area contributed by atoms with Gasteiger partial charge in [0.15, 0.2) is 5.58 Å². The minimum absolute atomic E-state index is 0.00735. The lowest BCUT2D eigenvalue weighted by molar-refractivity contribution is 0.0303. The van der Waals surface area contributed by atoms with Crippen molar-refractivity contribution in [3.05, 3.63) is 71.8 Å². The molecule has 1 aliphatic heterocycles. The maximum atomic E-state index is 12.8. The number of ether oxygens (including phenoxy) is 2. The highest BCUT2D eigenvalue weighted by Crippen LogP contribution is 2.33. The van der Waals surface area contributed by atoms with Gasteiger partial charge in [0.05, 0.1) is 25.9 Å². The van der Waals surface area contributed by atoms with E-state index < -0.39 is 0 Å². The normalized spacial score (nSPS) is 13.4. The molecule has 0 spiro atoms. The summed E-state index contributed by atoms with van der Waals surface area (Å²) in [6.07, 6.45) is 0. The van der Waals surface area contributed by atoms with Crippen LogP contribution in [0.2, 0.25) is 0 Å². The number of hydrogen-bond donors (Lipinski definition) is 1. The summed E-state index contributed by atoms with van der Waals surface area (Å²) in [4.78, 5) is 33.1. The molecule has 0 aliphatic carbocycles. The van der Waals surface area contributed by atoms with Crippen molar-refractivity contribution in [3.63, 3.8) is 0 Å². The highest BCUT2D eigenvalue weighted by atomic mass is 16.5. The Balaban J connectivity index is 1.39. The standard InChI is InChI=1S/C28H28N4O5/c1-31(2)27(34)22-12-11-20(17-24(22)35-3)29-28-30-23-6-4-5-21(25(23)37-28)18-7-9-19(10-8-18)26(33)32-13-15-36-16-14-32/h4-12,17H,13-16H2,1-3H3,(H,29,30). The van der Waals surface area contributed by atoms with Crippen LogP contribution in [0.5, 0.6) is 5.75 Å². The molecule has 4 aromatic rings. The van der Waals surface area contributed by atoms with E-state index in [1.807, 2.05) is 47.4 Å². The van der Waals surface area contributed by atoms with Crippen molar-refractivity contribution in [2.75, 3.05) is 52.8 Å². The first-order chi connectivity index (χ1) is 17.9. The Labute approximate surface area is 214 Å². The number of nitrogens with one attached hydrogen (secondary N) is 1. The van der Waals surface area contributed by atoms with E-state index in [0.717, 1.165) is 11.1 Å². The number of aromatic nitrogens is 1. The summed E-state index contributed by atoms with van der Waals surface area (Å²) >= 11 is 0. The minimum atomic E-state index is -0.146. The average molecular weight is 501 g/mol. The number of morpholine rings is 1. The quantitative estimate of drug-likeness (QED) is 0.419. The lowest BCUT2D eigenvalue weighted by Crippen LogP contribution is -2.40. The lowest BCUT2D eigenvalue weighted by atomic mass is 10.0. The molecule has 1 aromatic heterocycles. The molecule has 5 rings (SSSR count). The Hall–Kier alpha value is -4.37. The predicted octanol–water partition coefficient (Wildman–Crippen LogP) is 4.42. The molecule has 9 heteroatoms. The molecule has 1 fully saturated rings. The van der Waals surface area contributed by atoms with Gasteiger partial charge >= 0.3 is 0 Å². The fourth-order valence-corrected chi connectivity index (χ4v) is 4.28. The molecule has 0 bridgehead atoms. The first kappa shape index (κ1) is 24.3. The van der Waals surface area contributed by atoms with Crippen LogP contribution in [0.25, 0.3) is 22.2 Å². The topological polar surface area (TPSA) is 97.1 Å². The Morgan fingerprint density at radius 1 is 1.03 bits per heavy atom. The maximum absolute atomic E-state index is 12.8. The molecular formula is C28H28N4O5. The number of anilines is 2. The molecule has 1 N–H and O–H groups in total. The number of benzene rings is 3. The highest BCUT2D eigenvalue weighted by Gasteiger charge is 2.19. The van der Waals surface area contributed by atoms with Gasteiger partial charge < -0.3 is 29.0 Å². The van der Waals surface area contributed by atoms with E-state index in [0.29, 0.717) is 66.0 Å². The molecule has 0 atom stereocenters. The summed E-state index contributed by atoms with van der Waals surface area (Å²) in [6, 6.07) is 18.8. The SMILES string of the molecule is COc1cc(Nc2nc3cccc(-c4ccc(C(=O)N5CCOCC5)cc4)c3o2)ccc1C(=O)N(C)C. The fraction of sp³-hybridized carbons (Fsp3) is 0.250.